The lowest BCUT2D eigenvalue weighted by Crippen LogP contribution is -2.45. The molecule has 2 N–H and O–H groups in total. The molecule has 2 aromatic rings. The molecule has 0 bridgehead atoms. The van der Waals surface area contributed by atoms with Crippen molar-refractivity contribution < 1.29 is 19.1 Å². The SMILES string of the molecule is COc1ccc(C2NC(=O)NC(c3ccccc3)=C2C(=O)OC(C)C)cc1Br. The van der Waals surface area contributed by atoms with Gasteiger partial charge in [-0.2, -0.15) is 0 Å². The summed E-state index contributed by atoms with van der Waals surface area (Å²) in [5.74, 6) is 0.167. The number of nitrogens with one attached hydrogen (secondary N) is 2. The number of carbonyl (C=O) groups is 2. The summed E-state index contributed by atoms with van der Waals surface area (Å²) in [5.41, 5.74) is 2.24. The normalized spacial score (nSPS) is 16.5. The van der Waals surface area contributed by atoms with Gasteiger partial charge in [0.05, 0.1) is 35.0 Å². The molecule has 0 spiro atoms. The highest BCUT2D eigenvalue weighted by Gasteiger charge is 2.35. The number of urea groups is 1. The van der Waals surface area contributed by atoms with E-state index in [4.69, 9.17) is 9.47 Å². The summed E-state index contributed by atoms with van der Waals surface area (Å²) >= 11 is 3.46. The van der Waals surface area contributed by atoms with Gasteiger partial charge in [0.25, 0.3) is 0 Å². The average molecular weight is 445 g/mol. The van der Waals surface area contributed by atoms with Crippen LogP contribution in [0.15, 0.2) is 58.6 Å². The number of rotatable bonds is 5. The van der Waals surface area contributed by atoms with Crippen molar-refractivity contribution in [1.82, 2.24) is 10.6 Å². The first kappa shape index (κ1) is 19.9. The van der Waals surface area contributed by atoms with Crippen LogP contribution in [0.3, 0.4) is 0 Å². The van der Waals surface area contributed by atoms with Crippen LogP contribution in [0.5, 0.6) is 5.75 Å². The fourth-order valence-electron chi connectivity index (χ4n) is 3.01. The van der Waals surface area contributed by atoms with Crippen molar-refractivity contribution in [3.05, 3.63) is 69.7 Å². The van der Waals surface area contributed by atoms with Gasteiger partial charge in [0.1, 0.15) is 5.75 Å². The molecule has 0 saturated carbocycles. The average Bonchev–Trinajstić information content (AvgIpc) is 2.67. The summed E-state index contributed by atoms with van der Waals surface area (Å²) < 4.78 is 11.5. The number of hydrogen-bond donors (Lipinski definition) is 2. The molecule has 1 unspecified atom stereocenters. The molecular weight excluding hydrogens is 424 g/mol. The van der Waals surface area contributed by atoms with E-state index in [0.29, 0.717) is 17.0 Å². The Labute approximate surface area is 172 Å². The first-order valence-electron chi connectivity index (χ1n) is 8.82. The zero-order valence-electron chi connectivity index (χ0n) is 15.8. The van der Waals surface area contributed by atoms with Gasteiger partial charge >= 0.3 is 12.0 Å². The number of amides is 2. The monoisotopic (exact) mass is 444 g/mol. The molecule has 2 amide bonds. The van der Waals surface area contributed by atoms with Gasteiger partial charge < -0.3 is 20.1 Å². The number of ether oxygens (including phenoxy) is 2. The predicted molar refractivity (Wildman–Crippen MR) is 110 cm³/mol. The van der Waals surface area contributed by atoms with Gasteiger partial charge in [-0.05, 0) is 53.0 Å². The van der Waals surface area contributed by atoms with Crippen LogP contribution in [-0.2, 0) is 9.53 Å². The van der Waals surface area contributed by atoms with Gasteiger partial charge in [0.15, 0.2) is 0 Å². The van der Waals surface area contributed by atoms with Crippen LogP contribution in [0.4, 0.5) is 4.79 Å². The van der Waals surface area contributed by atoms with Gasteiger partial charge in [-0.3, -0.25) is 0 Å². The Morgan fingerprint density at radius 3 is 2.46 bits per heavy atom. The topological polar surface area (TPSA) is 76.7 Å². The first-order valence-corrected chi connectivity index (χ1v) is 9.61. The largest absolute Gasteiger partial charge is 0.496 e. The molecule has 2 aromatic carbocycles. The van der Waals surface area contributed by atoms with Crippen molar-refractivity contribution in [2.75, 3.05) is 7.11 Å². The van der Waals surface area contributed by atoms with E-state index in [1.165, 1.54) is 0 Å². The molecule has 0 saturated heterocycles. The second-order valence-corrected chi connectivity index (χ2v) is 7.39. The highest BCUT2D eigenvalue weighted by Crippen LogP contribution is 2.35. The minimum absolute atomic E-state index is 0.294. The van der Waals surface area contributed by atoms with Crippen molar-refractivity contribution in [2.24, 2.45) is 0 Å². The van der Waals surface area contributed by atoms with Crippen molar-refractivity contribution in [3.8, 4) is 5.75 Å². The summed E-state index contributed by atoms with van der Waals surface area (Å²) in [6.07, 6.45) is -0.294. The minimum atomic E-state index is -0.669. The number of hydrogen-bond acceptors (Lipinski definition) is 4. The van der Waals surface area contributed by atoms with Crippen LogP contribution in [0, 0.1) is 0 Å². The summed E-state index contributed by atoms with van der Waals surface area (Å²) in [6.45, 7) is 3.57. The Morgan fingerprint density at radius 2 is 1.86 bits per heavy atom. The Balaban J connectivity index is 2.17. The maximum absolute atomic E-state index is 13.0. The molecule has 3 rings (SSSR count). The van der Waals surface area contributed by atoms with E-state index >= 15 is 0 Å². The first-order chi connectivity index (χ1) is 13.4. The lowest BCUT2D eigenvalue weighted by atomic mass is 9.92. The molecule has 1 aliphatic heterocycles. The second kappa shape index (κ2) is 8.48. The minimum Gasteiger partial charge on any atom is -0.496 e. The number of methoxy groups -OCH3 is 1. The van der Waals surface area contributed by atoms with Crippen LogP contribution < -0.4 is 15.4 Å². The Morgan fingerprint density at radius 1 is 1.14 bits per heavy atom. The Kier molecular flexibility index (Phi) is 6.04. The molecule has 28 heavy (non-hydrogen) atoms. The van der Waals surface area contributed by atoms with Crippen LogP contribution in [0.25, 0.3) is 5.70 Å². The second-order valence-electron chi connectivity index (χ2n) is 6.53. The molecule has 0 aromatic heterocycles. The standard InChI is InChI=1S/C21H21BrN2O4/c1-12(2)28-20(25)17-18(13-7-5-4-6-8-13)23-21(26)24-19(17)14-9-10-16(27-3)15(22)11-14/h4-12,19H,1-3H3,(H2,23,24,26). The molecule has 1 atom stereocenters. The third kappa shape index (κ3) is 4.20. The quantitative estimate of drug-likeness (QED) is 0.678. The van der Waals surface area contributed by atoms with Gasteiger partial charge in [0.2, 0.25) is 0 Å². The molecule has 146 valence electrons. The van der Waals surface area contributed by atoms with E-state index in [-0.39, 0.29) is 6.10 Å². The lowest BCUT2D eigenvalue weighted by Gasteiger charge is -2.30. The fraction of sp³-hybridized carbons (Fsp3) is 0.238. The molecule has 7 heteroatoms. The van der Waals surface area contributed by atoms with Crippen LogP contribution in [0.2, 0.25) is 0 Å². The van der Waals surface area contributed by atoms with Crippen molar-refractivity contribution in [1.29, 1.82) is 0 Å². The van der Waals surface area contributed by atoms with Crippen LogP contribution in [-0.4, -0.2) is 25.2 Å². The van der Waals surface area contributed by atoms with Crippen molar-refractivity contribution >= 4 is 33.6 Å². The Bertz CT molecular complexity index is 925. The summed E-state index contributed by atoms with van der Waals surface area (Å²) in [7, 11) is 1.57. The van der Waals surface area contributed by atoms with Crippen LogP contribution in [0.1, 0.15) is 31.0 Å². The van der Waals surface area contributed by atoms with Gasteiger partial charge in [0, 0.05) is 0 Å². The van der Waals surface area contributed by atoms with E-state index in [1.54, 1.807) is 27.0 Å². The van der Waals surface area contributed by atoms with Gasteiger partial charge in [-0.1, -0.05) is 36.4 Å². The van der Waals surface area contributed by atoms with Crippen LogP contribution >= 0.6 is 15.9 Å². The predicted octanol–water partition coefficient (Wildman–Crippen LogP) is 4.17. The maximum atomic E-state index is 13.0. The molecule has 1 aliphatic rings. The molecule has 1 heterocycles. The lowest BCUT2D eigenvalue weighted by molar-refractivity contribution is -0.143. The number of benzene rings is 2. The molecular formula is C21H21BrN2O4. The van der Waals surface area contributed by atoms with E-state index in [1.807, 2.05) is 42.5 Å². The third-order valence-electron chi connectivity index (χ3n) is 4.21. The summed E-state index contributed by atoms with van der Waals surface area (Å²) in [5, 5.41) is 5.60. The van der Waals surface area contributed by atoms with Gasteiger partial charge in [-0.25, -0.2) is 9.59 Å². The Hall–Kier alpha value is -2.80. The number of halogens is 1. The summed E-state index contributed by atoms with van der Waals surface area (Å²) in [6, 6.07) is 13.6. The third-order valence-corrected chi connectivity index (χ3v) is 4.83. The van der Waals surface area contributed by atoms with E-state index in [0.717, 1.165) is 15.6 Å². The zero-order valence-corrected chi connectivity index (χ0v) is 17.4. The van der Waals surface area contributed by atoms with Crippen molar-refractivity contribution in [3.63, 3.8) is 0 Å². The van der Waals surface area contributed by atoms with E-state index in [2.05, 4.69) is 26.6 Å². The molecule has 0 fully saturated rings. The maximum Gasteiger partial charge on any atom is 0.338 e. The van der Waals surface area contributed by atoms with Gasteiger partial charge in [-0.15, -0.1) is 0 Å². The molecule has 0 radical (unpaired) electrons. The zero-order chi connectivity index (χ0) is 20.3. The molecule has 0 aliphatic carbocycles. The highest BCUT2D eigenvalue weighted by atomic mass is 79.9. The highest BCUT2D eigenvalue weighted by molar-refractivity contribution is 9.10. The smallest absolute Gasteiger partial charge is 0.338 e. The fourth-order valence-corrected chi connectivity index (χ4v) is 3.57. The molecule has 6 nitrogen and oxygen atoms in total. The van der Waals surface area contributed by atoms with Crippen molar-refractivity contribution in [2.45, 2.75) is 26.0 Å². The number of carbonyl (C=O) groups excluding carboxylic acids is 2. The van der Waals surface area contributed by atoms with E-state index in [9.17, 15) is 9.59 Å². The number of esters is 1. The van der Waals surface area contributed by atoms with E-state index < -0.39 is 18.0 Å². The summed E-state index contributed by atoms with van der Waals surface area (Å²) in [4.78, 5) is 25.4.